The maximum atomic E-state index is 12.9. The quantitative estimate of drug-likeness (QED) is 0.420. The van der Waals surface area contributed by atoms with Crippen molar-refractivity contribution < 1.29 is 9.90 Å². The number of carbonyl (C=O) groups is 1. The molecule has 0 aromatic rings. The average Bonchev–Trinajstić information content (AvgIpc) is 3.36. The number of hydrogen-bond donors (Lipinski definition) is 1. The highest BCUT2D eigenvalue weighted by Crippen LogP contribution is 2.88. The fourth-order valence-corrected chi connectivity index (χ4v) is 11.1. The maximum absolute atomic E-state index is 12.9. The average molecular weight is 455 g/mol. The molecule has 5 aliphatic rings. The number of hydrogen-bond acceptors (Lipinski definition) is 2. The van der Waals surface area contributed by atoms with E-state index in [0.29, 0.717) is 33.4 Å². The Balaban J connectivity index is 1.37. The van der Waals surface area contributed by atoms with Crippen molar-refractivity contribution in [1.82, 2.24) is 0 Å². The first-order valence-corrected chi connectivity index (χ1v) is 14.2. The van der Waals surface area contributed by atoms with Gasteiger partial charge in [-0.25, -0.2) is 0 Å². The van der Waals surface area contributed by atoms with Gasteiger partial charge in [-0.05, 0) is 115 Å². The van der Waals surface area contributed by atoms with E-state index in [9.17, 15) is 9.90 Å². The molecule has 9 atom stereocenters. The first-order valence-electron chi connectivity index (χ1n) is 14.2. The minimum absolute atomic E-state index is 0.102. The van der Waals surface area contributed by atoms with Gasteiger partial charge in [0.1, 0.15) is 5.78 Å². The molecule has 0 aromatic heterocycles. The maximum Gasteiger partial charge on any atom is 0.138 e. The van der Waals surface area contributed by atoms with Gasteiger partial charge in [0.05, 0.1) is 0 Å². The van der Waals surface area contributed by atoms with Crippen molar-refractivity contribution >= 4 is 5.78 Å². The number of fused-ring (bicyclic) bond motifs is 2. The summed E-state index contributed by atoms with van der Waals surface area (Å²) in [6, 6.07) is 0. The zero-order chi connectivity index (χ0) is 24.0. The molecule has 5 fully saturated rings. The number of rotatable bonds is 6. The van der Waals surface area contributed by atoms with Crippen molar-refractivity contribution in [2.45, 2.75) is 112 Å². The summed E-state index contributed by atoms with van der Waals surface area (Å²) in [6.45, 7) is 19.0. The van der Waals surface area contributed by atoms with Gasteiger partial charge in [0.25, 0.3) is 0 Å². The lowest BCUT2D eigenvalue weighted by molar-refractivity contribution is -0.157. The second kappa shape index (κ2) is 7.44. The van der Waals surface area contributed by atoms with Crippen molar-refractivity contribution in [3.8, 4) is 0 Å². The van der Waals surface area contributed by atoms with Crippen LogP contribution in [0.3, 0.4) is 0 Å². The molecule has 0 heterocycles. The van der Waals surface area contributed by atoms with Gasteiger partial charge in [-0.2, -0.15) is 0 Å². The molecule has 186 valence electrons. The van der Waals surface area contributed by atoms with Crippen LogP contribution in [0.5, 0.6) is 0 Å². The molecule has 0 amide bonds. The number of aliphatic hydroxyl groups excluding tert-OH is 1. The molecule has 33 heavy (non-hydrogen) atoms. The predicted molar refractivity (Wildman–Crippen MR) is 136 cm³/mol. The van der Waals surface area contributed by atoms with Crippen LogP contribution in [0.2, 0.25) is 0 Å². The summed E-state index contributed by atoms with van der Waals surface area (Å²) in [4.78, 5) is 12.9. The van der Waals surface area contributed by atoms with Crippen LogP contribution in [0.1, 0.15) is 112 Å². The summed E-state index contributed by atoms with van der Waals surface area (Å²) in [5.74, 6) is 3.80. The van der Waals surface area contributed by atoms with Crippen LogP contribution in [-0.4, -0.2) is 17.5 Å². The Labute approximate surface area is 203 Å². The molecule has 1 N–H and O–H groups in total. The zero-order valence-corrected chi connectivity index (χ0v) is 22.4. The Hall–Kier alpha value is -0.630. The highest BCUT2D eigenvalue weighted by molar-refractivity contribution is 5.86. The van der Waals surface area contributed by atoms with Gasteiger partial charge < -0.3 is 5.11 Å². The van der Waals surface area contributed by atoms with E-state index >= 15 is 0 Å². The van der Waals surface area contributed by atoms with Crippen LogP contribution in [0.15, 0.2) is 12.2 Å². The molecule has 0 bridgehead atoms. The summed E-state index contributed by atoms with van der Waals surface area (Å²) in [5, 5.41) is 9.50. The number of ketones is 1. The Kier molecular flexibility index (Phi) is 5.43. The van der Waals surface area contributed by atoms with Gasteiger partial charge in [-0.1, -0.05) is 53.7 Å². The van der Waals surface area contributed by atoms with E-state index in [-0.39, 0.29) is 17.9 Å². The van der Waals surface area contributed by atoms with Crippen molar-refractivity contribution in [3.63, 3.8) is 0 Å². The molecule has 5 saturated carbocycles. The minimum atomic E-state index is -0.102. The lowest BCUT2D eigenvalue weighted by Crippen LogP contribution is -2.57. The Morgan fingerprint density at radius 1 is 0.970 bits per heavy atom. The second-order valence-electron chi connectivity index (χ2n) is 14.6. The summed E-state index contributed by atoms with van der Waals surface area (Å²) < 4.78 is 0. The standard InChI is InChI=1S/C31H50O2/c1-20(22(3)18-32)8-9-21(2)23-12-14-29(7)25-11-10-24-27(4,5)26(33)13-15-30(24)19-31(25,30)17-16-28(23,29)6/h21-25,32H,1,8-19H2,2-7H3. The van der Waals surface area contributed by atoms with E-state index in [0.717, 1.165) is 30.6 Å². The second-order valence-corrected chi connectivity index (χ2v) is 14.6. The Bertz CT molecular complexity index is 842. The van der Waals surface area contributed by atoms with Crippen LogP contribution in [-0.2, 0) is 4.79 Å². The molecule has 5 rings (SSSR count). The summed E-state index contributed by atoms with van der Waals surface area (Å²) in [6.07, 6.45) is 14.0. The smallest absolute Gasteiger partial charge is 0.138 e. The summed E-state index contributed by atoms with van der Waals surface area (Å²) in [5.41, 5.74) is 3.06. The number of aliphatic hydroxyl groups is 1. The first kappa shape index (κ1) is 24.1. The molecule has 0 radical (unpaired) electrons. The highest BCUT2D eigenvalue weighted by atomic mass is 16.3. The van der Waals surface area contributed by atoms with Crippen LogP contribution in [0.4, 0.5) is 0 Å². The molecule has 2 nitrogen and oxygen atoms in total. The van der Waals surface area contributed by atoms with Crippen molar-refractivity contribution in [2.24, 2.45) is 56.7 Å². The number of Topliss-reactive ketones (excluding diaryl/α,β-unsaturated/α-hetero) is 1. The molecular formula is C31H50O2. The highest BCUT2D eigenvalue weighted by Gasteiger charge is 2.82. The van der Waals surface area contributed by atoms with Crippen LogP contribution < -0.4 is 0 Å². The molecule has 2 heteroatoms. The third-order valence-corrected chi connectivity index (χ3v) is 13.5. The van der Waals surface area contributed by atoms with E-state index in [2.05, 4.69) is 48.1 Å². The molecule has 0 aliphatic heterocycles. The lowest BCUT2D eigenvalue weighted by Gasteiger charge is -2.62. The first-order chi connectivity index (χ1) is 15.4. The van der Waals surface area contributed by atoms with Gasteiger partial charge in [0.2, 0.25) is 0 Å². The van der Waals surface area contributed by atoms with Crippen molar-refractivity contribution in [1.29, 1.82) is 0 Å². The van der Waals surface area contributed by atoms with Gasteiger partial charge >= 0.3 is 0 Å². The number of carbonyl (C=O) groups excluding carboxylic acids is 1. The molecular weight excluding hydrogens is 404 g/mol. The molecule has 5 aliphatic carbocycles. The summed E-state index contributed by atoms with van der Waals surface area (Å²) >= 11 is 0. The fourth-order valence-electron chi connectivity index (χ4n) is 11.1. The third kappa shape index (κ3) is 2.91. The van der Waals surface area contributed by atoms with E-state index in [4.69, 9.17) is 0 Å². The van der Waals surface area contributed by atoms with Crippen LogP contribution >= 0.6 is 0 Å². The van der Waals surface area contributed by atoms with Gasteiger partial charge in [0.15, 0.2) is 0 Å². The zero-order valence-electron chi connectivity index (χ0n) is 22.4. The van der Waals surface area contributed by atoms with E-state index in [1.165, 1.54) is 63.4 Å². The molecule has 0 saturated heterocycles. The SMILES string of the molecule is C=C(CCC(C)C1CCC2(C)C3CCC4C(C)(C)C(=O)CCC45CC35CCC12C)C(C)CO. The van der Waals surface area contributed by atoms with Crippen molar-refractivity contribution in [2.75, 3.05) is 6.61 Å². The Morgan fingerprint density at radius 3 is 2.33 bits per heavy atom. The van der Waals surface area contributed by atoms with Crippen LogP contribution in [0, 0.1) is 56.7 Å². The normalized spacial score (nSPS) is 49.3. The van der Waals surface area contributed by atoms with E-state index in [1.807, 2.05) is 0 Å². The van der Waals surface area contributed by atoms with Gasteiger partial charge in [-0.3, -0.25) is 4.79 Å². The third-order valence-electron chi connectivity index (χ3n) is 13.5. The molecule has 9 unspecified atom stereocenters. The monoisotopic (exact) mass is 454 g/mol. The summed E-state index contributed by atoms with van der Waals surface area (Å²) in [7, 11) is 0. The lowest BCUT2D eigenvalue weighted by atomic mass is 9.42. The van der Waals surface area contributed by atoms with E-state index < -0.39 is 0 Å². The largest absolute Gasteiger partial charge is 0.396 e. The fraction of sp³-hybridized carbons (Fsp3) is 0.903. The van der Waals surface area contributed by atoms with E-state index in [1.54, 1.807) is 0 Å². The predicted octanol–water partition coefficient (Wildman–Crippen LogP) is 7.60. The topological polar surface area (TPSA) is 37.3 Å². The van der Waals surface area contributed by atoms with Gasteiger partial charge in [-0.15, -0.1) is 0 Å². The minimum Gasteiger partial charge on any atom is -0.396 e. The van der Waals surface area contributed by atoms with Crippen LogP contribution in [0.25, 0.3) is 0 Å². The molecule has 0 aromatic carbocycles. The Morgan fingerprint density at radius 2 is 1.64 bits per heavy atom. The molecule has 2 spiro atoms. The van der Waals surface area contributed by atoms with Crippen molar-refractivity contribution in [3.05, 3.63) is 12.2 Å². The van der Waals surface area contributed by atoms with Gasteiger partial charge in [0, 0.05) is 18.4 Å².